The Morgan fingerprint density at radius 1 is 1.29 bits per heavy atom. The van der Waals surface area contributed by atoms with Crippen LogP contribution in [0.4, 0.5) is 5.69 Å². The Balaban J connectivity index is 2.42. The Bertz CT molecular complexity index is 582. The maximum Gasteiger partial charge on any atom is 0.243 e. The molecule has 1 unspecified atom stereocenters. The standard InChI is InChI=1S/C16H26N2O2S/c1-3-7-15-8-5-6-11-18(15)21(19,20)16-12-14(17)10-9-13(16)4-2/h9-10,12,15H,3-8,11,17H2,1-2H3. The molecule has 0 saturated carbocycles. The molecule has 1 aromatic rings. The molecule has 2 rings (SSSR count). The highest BCUT2D eigenvalue weighted by atomic mass is 32.2. The third-order valence-electron chi connectivity index (χ3n) is 4.25. The minimum absolute atomic E-state index is 0.139. The van der Waals surface area contributed by atoms with Crippen molar-refractivity contribution in [1.29, 1.82) is 0 Å². The molecule has 5 heteroatoms. The number of nitrogens with zero attached hydrogens (tertiary/aromatic N) is 1. The van der Waals surface area contributed by atoms with Crippen molar-refractivity contribution < 1.29 is 8.42 Å². The van der Waals surface area contributed by atoms with Gasteiger partial charge in [-0.2, -0.15) is 4.31 Å². The second kappa shape index (κ2) is 6.79. The van der Waals surface area contributed by atoms with E-state index >= 15 is 0 Å². The maximum absolute atomic E-state index is 13.1. The summed E-state index contributed by atoms with van der Waals surface area (Å²) in [6.07, 6.45) is 5.67. The summed E-state index contributed by atoms with van der Waals surface area (Å²) in [5.74, 6) is 0. The highest BCUT2D eigenvalue weighted by Gasteiger charge is 2.34. The van der Waals surface area contributed by atoms with Gasteiger partial charge in [-0.25, -0.2) is 8.42 Å². The number of piperidine rings is 1. The van der Waals surface area contributed by atoms with Crippen LogP contribution < -0.4 is 5.73 Å². The van der Waals surface area contributed by atoms with Gasteiger partial charge in [0.2, 0.25) is 10.0 Å². The van der Waals surface area contributed by atoms with Crippen molar-refractivity contribution in [1.82, 2.24) is 4.31 Å². The van der Waals surface area contributed by atoms with Gasteiger partial charge in [0, 0.05) is 18.3 Å². The van der Waals surface area contributed by atoms with Crippen molar-refractivity contribution in [2.75, 3.05) is 12.3 Å². The van der Waals surface area contributed by atoms with Gasteiger partial charge in [-0.15, -0.1) is 0 Å². The van der Waals surface area contributed by atoms with Crippen molar-refractivity contribution in [3.63, 3.8) is 0 Å². The van der Waals surface area contributed by atoms with Crippen LogP contribution in [0.5, 0.6) is 0 Å². The molecule has 0 spiro atoms. The molecule has 4 nitrogen and oxygen atoms in total. The number of hydrogen-bond donors (Lipinski definition) is 1. The summed E-state index contributed by atoms with van der Waals surface area (Å²) in [4.78, 5) is 0.396. The van der Waals surface area contributed by atoms with E-state index in [4.69, 9.17) is 5.73 Å². The predicted octanol–water partition coefficient (Wildman–Crippen LogP) is 3.17. The number of rotatable bonds is 5. The van der Waals surface area contributed by atoms with Crippen LogP contribution >= 0.6 is 0 Å². The van der Waals surface area contributed by atoms with Crippen LogP contribution in [0.1, 0.15) is 51.5 Å². The largest absolute Gasteiger partial charge is 0.399 e. The summed E-state index contributed by atoms with van der Waals surface area (Å²) in [5.41, 5.74) is 7.18. The molecule has 0 radical (unpaired) electrons. The van der Waals surface area contributed by atoms with Gasteiger partial charge in [-0.05, 0) is 43.4 Å². The molecule has 21 heavy (non-hydrogen) atoms. The molecule has 1 saturated heterocycles. The highest BCUT2D eigenvalue weighted by molar-refractivity contribution is 7.89. The van der Waals surface area contributed by atoms with Crippen LogP contribution in [0.25, 0.3) is 0 Å². The molecule has 1 heterocycles. The lowest BCUT2D eigenvalue weighted by Gasteiger charge is -2.35. The molecule has 1 aliphatic rings. The summed E-state index contributed by atoms with van der Waals surface area (Å²) in [6.45, 7) is 4.71. The van der Waals surface area contributed by atoms with Crippen LogP contribution in [0.2, 0.25) is 0 Å². The maximum atomic E-state index is 13.1. The smallest absolute Gasteiger partial charge is 0.243 e. The second-order valence-electron chi connectivity index (χ2n) is 5.77. The Labute approximate surface area is 128 Å². The molecular weight excluding hydrogens is 284 g/mol. The lowest BCUT2D eigenvalue weighted by molar-refractivity contribution is 0.239. The van der Waals surface area contributed by atoms with Crippen LogP contribution in [0, 0.1) is 0 Å². The monoisotopic (exact) mass is 310 g/mol. The third-order valence-corrected chi connectivity index (χ3v) is 6.29. The first kappa shape index (κ1) is 16.3. The van der Waals surface area contributed by atoms with Gasteiger partial charge in [-0.1, -0.05) is 32.8 Å². The number of benzene rings is 1. The number of nitrogen functional groups attached to an aromatic ring is 1. The molecule has 1 fully saturated rings. The van der Waals surface area contributed by atoms with Crippen molar-refractivity contribution in [2.24, 2.45) is 0 Å². The highest BCUT2D eigenvalue weighted by Crippen LogP contribution is 2.30. The molecule has 118 valence electrons. The van der Waals surface area contributed by atoms with Gasteiger partial charge in [0.05, 0.1) is 4.90 Å². The minimum Gasteiger partial charge on any atom is -0.399 e. The fourth-order valence-electron chi connectivity index (χ4n) is 3.14. The van der Waals surface area contributed by atoms with Gasteiger partial charge in [0.15, 0.2) is 0 Å². The first-order valence-electron chi connectivity index (χ1n) is 7.91. The van der Waals surface area contributed by atoms with E-state index in [0.717, 1.165) is 37.7 Å². The van der Waals surface area contributed by atoms with E-state index in [1.165, 1.54) is 0 Å². The number of nitrogens with two attached hydrogens (primary N) is 1. The van der Waals surface area contributed by atoms with Crippen LogP contribution in [-0.2, 0) is 16.4 Å². The number of aryl methyl sites for hydroxylation is 1. The topological polar surface area (TPSA) is 63.4 Å². The zero-order valence-corrected chi connectivity index (χ0v) is 13.8. The van der Waals surface area contributed by atoms with Crippen molar-refractivity contribution >= 4 is 15.7 Å². The summed E-state index contributed by atoms with van der Waals surface area (Å²) >= 11 is 0. The Hall–Kier alpha value is -1.07. The lowest BCUT2D eigenvalue weighted by atomic mass is 10.0. The van der Waals surface area contributed by atoms with Crippen LogP contribution in [-0.4, -0.2) is 25.3 Å². The molecule has 1 aliphatic heterocycles. The summed E-state index contributed by atoms with van der Waals surface area (Å²) < 4.78 is 27.9. The van der Waals surface area contributed by atoms with Gasteiger partial charge >= 0.3 is 0 Å². The lowest BCUT2D eigenvalue weighted by Crippen LogP contribution is -2.43. The van der Waals surface area contributed by atoms with Crippen molar-refractivity contribution in [3.05, 3.63) is 23.8 Å². The van der Waals surface area contributed by atoms with Gasteiger partial charge < -0.3 is 5.73 Å². The molecule has 1 aromatic carbocycles. The predicted molar refractivity (Wildman–Crippen MR) is 86.7 cm³/mol. The zero-order valence-electron chi connectivity index (χ0n) is 13.0. The Morgan fingerprint density at radius 2 is 2.05 bits per heavy atom. The number of hydrogen-bond acceptors (Lipinski definition) is 3. The summed E-state index contributed by atoms with van der Waals surface area (Å²) in [7, 11) is -3.45. The molecule has 0 aromatic heterocycles. The first-order valence-corrected chi connectivity index (χ1v) is 9.35. The Kier molecular flexibility index (Phi) is 5.27. The zero-order chi connectivity index (χ0) is 15.5. The van der Waals surface area contributed by atoms with Crippen LogP contribution in [0.3, 0.4) is 0 Å². The molecule has 0 bridgehead atoms. The van der Waals surface area contributed by atoms with E-state index in [2.05, 4.69) is 6.92 Å². The first-order chi connectivity index (χ1) is 10.0. The van der Waals surface area contributed by atoms with E-state index in [0.29, 0.717) is 23.5 Å². The molecule has 0 amide bonds. The fourth-order valence-corrected chi connectivity index (χ4v) is 5.20. The van der Waals surface area contributed by atoms with E-state index < -0.39 is 10.0 Å². The summed E-state index contributed by atoms with van der Waals surface area (Å²) in [5, 5.41) is 0. The molecule has 0 aliphatic carbocycles. The normalized spacial score (nSPS) is 20.6. The number of sulfonamides is 1. The van der Waals surface area contributed by atoms with Crippen molar-refractivity contribution in [3.8, 4) is 0 Å². The number of anilines is 1. The van der Waals surface area contributed by atoms with Crippen molar-refractivity contribution in [2.45, 2.75) is 63.3 Å². The Morgan fingerprint density at radius 3 is 2.71 bits per heavy atom. The average molecular weight is 310 g/mol. The van der Waals surface area contributed by atoms with E-state index in [9.17, 15) is 8.42 Å². The summed E-state index contributed by atoms with van der Waals surface area (Å²) in [6, 6.07) is 5.37. The van der Waals surface area contributed by atoms with E-state index in [1.54, 1.807) is 16.4 Å². The molecule has 1 atom stereocenters. The SMILES string of the molecule is CCCC1CCCCN1S(=O)(=O)c1cc(N)ccc1CC. The average Bonchev–Trinajstić information content (AvgIpc) is 2.48. The minimum atomic E-state index is -3.45. The fraction of sp³-hybridized carbons (Fsp3) is 0.625. The van der Waals surface area contributed by atoms with E-state index in [1.807, 2.05) is 13.0 Å². The van der Waals surface area contributed by atoms with E-state index in [-0.39, 0.29) is 6.04 Å². The molecular formula is C16H26N2O2S. The van der Waals surface area contributed by atoms with Gasteiger partial charge in [-0.3, -0.25) is 0 Å². The van der Waals surface area contributed by atoms with Crippen LogP contribution in [0.15, 0.2) is 23.1 Å². The third kappa shape index (κ3) is 3.40. The van der Waals surface area contributed by atoms with Gasteiger partial charge in [0.1, 0.15) is 0 Å². The molecule has 2 N–H and O–H groups in total. The second-order valence-corrected chi connectivity index (χ2v) is 7.63. The quantitative estimate of drug-likeness (QED) is 0.850. The van der Waals surface area contributed by atoms with Gasteiger partial charge in [0.25, 0.3) is 0 Å².